The predicted molar refractivity (Wildman–Crippen MR) is 100 cm³/mol. The Bertz CT molecular complexity index is 882. The van der Waals surface area contributed by atoms with Gasteiger partial charge in [-0.3, -0.25) is 9.78 Å². The first-order valence-corrected chi connectivity index (χ1v) is 9.41. The maximum atomic E-state index is 12.4. The van der Waals surface area contributed by atoms with E-state index in [2.05, 4.69) is 20.5 Å². The summed E-state index contributed by atoms with van der Waals surface area (Å²) in [6.07, 6.45) is -1.84. The third kappa shape index (κ3) is 4.18. The van der Waals surface area contributed by atoms with E-state index >= 15 is 0 Å². The standard InChI is InChI=1S/C16H22N4O6S/c21-6-9(23)13(25)12(24)8(22)5-17-20-16-18-14(26)11-7-3-1-2-4-10(7)27-15(11)19-16/h5,8-9,12-13,21-25H,1-4,6H2,(H2,18,19,20,26)/b17-5+/t8-,9+,12+,13-/m0/s1. The van der Waals surface area contributed by atoms with Crippen LogP contribution in [0.4, 0.5) is 5.95 Å². The molecule has 0 aromatic carbocycles. The number of hydrogen-bond donors (Lipinski definition) is 7. The highest BCUT2D eigenvalue weighted by Gasteiger charge is 2.29. The minimum absolute atomic E-state index is 0.0833. The Morgan fingerprint density at radius 3 is 2.70 bits per heavy atom. The summed E-state index contributed by atoms with van der Waals surface area (Å²) in [6.45, 7) is -0.768. The highest BCUT2D eigenvalue weighted by atomic mass is 32.1. The monoisotopic (exact) mass is 398 g/mol. The van der Waals surface area contributed by atoms with Crippen LogP contribution in [0.5, 0.6) is 0 Å². The molecule has 1 aliphatic carbocycles. The minimum atomic E-state index is -1.75. The van der Waals surface area contributed by atoms with Crippen LogP contribution in [-0.2, 0) is 12.8 Å². The molecule has 2 aromatic heterocycles. The molecule has 3 rings (SSSR count). The average Bonchev–Trinajstić information content (AvgIpc) is 3.04. The Morgan fingerprint density at radius 1 is 1.22 bits per heavy atom. The van der Waals surface area contributed by atoms with Crippen molar-refractivity contribution < 1.29 is 25.5 Å². The normalized spacial score (nSPS) is 19.0. The summed E-state index contributed by atoms with van der Waals surface area (Å²) in [5, 5.41) is 51.3. The number of aliphatic hydroxyl groups excluding tert-OH is 5. The molecule has 10 nitrogen and oxygen atoms in total. The fraction of sp³-hybridized carbons (Fsp3) is 0.562. The van der Waals surface area contributed by atoms with Crippen molar-refractivity contribution in [3.8, 4) is 0 Å². The van der Waals surface area contributed by atoms with E-state index in [9.17, 15) is 25.2 Å². The number of anilines is 1. The van der Waals surface area contributed by atoms with Gasteiger partial charge in [0.05, 0.1) is 18.2 Å². The van der Waals surface area contributed by atoms with E-state index in [4.69, 9.17) is 5.11 Å². The smallest absolute Gasteiger partial charge is 0.261 e. The van der Waals surface area contributed by atoms with Crippen LogP contribution in [0.1, 0.15) is 23.3 Å². The molecule has 0 bridgehead atoms. The molecule has 0 amide bonds. The number of fused-ring (bicyclic) bond motifs is 3. The van der Waals surface area contributed by atoms with Gasteiger partial charge in [0.15, 0.2) is 0 Å². The Balaban J connectivity index is 1.72. The zero-order chi connectivity index (χ0) is 19.6. The van der Waals surface area contributed by atoms with E-state index in [1.807, 2.05) is 0 Å². The summed E-state index contributed by atoms with van der Waals surface area (Å²) >= 11 is 1.49. The number of hydrogen-bond acceptors (Lipinski definition) is 10. The zero-order valence-corrected chi connectivity index (χ0v) is 15.2. The summed E-state index contributed by atoms with van der Waals surface area (Å²) in [5.41, 5.74) is 3.28. The van der Waals surface area contributed by atoms with Gasteiger partial charge in [0, 0.05) is 4.88 Å². The molecule has 7 N–H and O–H groups in total. The molecule has 0 unspecified atom stereocenters. The fourth-order valence-electron chi connectivity index (χ4n) is 3.02. The fourth-order valence-corrected chi connectivity index (χ4v) is 4.28. The highest BCUT2D eigenvalue weighted by Crippen LogP contribution is 2.33. The molecule has 1 aliphatic rings. The van der Waals surface area contributed by atoms with Crippen LogP contribution in [0.25, 0.3) is 10.2 Å². The van der Waals surface area contributed by atoms with Gasteiger partial charge in [0.25, 0.3) is 5.56 Å². The van der Waals surface area contributed by atoms with E-state index in [0.29, 0.717) is 10.2 Å². The van der Waals surface area contributed by atoms with Crippen molar-refractivity contribution in [3.63, 3.8) is 0 Å². The van der Waals surface area contributed by atoms with Crippen molar-refractivity contribution in [3.05, 3.63) is 20.8 Å². The maximum Gasteiger partial charge on any atom is 0.261 e. The van der Waals surface area contributed by atoms with E-state index in [1.54, 1.807) is 0 Å². The summed E-state index contributed by atoms with van der Waals surface area (Å²) in [5.74, 6) is 0.0833. The van der Waals surface area contributed by atoms with Crippen molar-refractivity contribution in [1.29, 1.82) is 0 Å². The lowest BCUT2D eigenvalue weighted by molar-refractivity contribution is -0.0999. The number of aryl methyl sites for hydroxylation is 2. The molecule has 2 heterocycles. The zero-order valence-electron chi connectivity index (χ0n) is 14.4. The summed E-state index contributed by atoms with van der Waals surface area (Å²) in [4.78, 5) is 21.1. The topological polar surface area (TPSA) is 171 Å². The summed E-state index contributed by atoms with van der Waals surface area (Å²) in [7, 11) is 0. The van der Waals surface area contributed by atoms with Gasteiger partial charge < -0.3 is 25.5 Å². The second kappa shape index (κ2) is 8.42. The lowest BCUT2D eigenvalue weighted by Gasteiger charge is -2.23. The van der Waals surface area contributed by atoms with Gasteiger partial charge in [-0.2, -0.15) is 5.10 Å². The Labute approximate surface area is 157 Å². The molecule has 11 heteroatoms. The SMILES string of the molecule is O=c1[nH]c(N/N=C/[C@H](O)[C@@H](O)[C@@H](O)[C@H](O)CO)nc2sc3c(c12)CCCC3. The highest BCUT2D eigenvalue weighted by molar-refractivity contribution is 7.18. The molecule has 4 atom stereocenters. The van der Waals surface area contributed by atoms with Crippen molar-refractivity contribution in [2.24, 2.45) is 5.10 Å². The number of hydrazone groups is 1. The first kappa shape index (κ1) is 19.9. The number of aromatic amines is 1. The second-order valence-electron chi connectivity index (χ2n) is 6.42. The molecular weight excluding hydrogens is 376 g/mol. The predicted octanol–water partition coefficient (Wildman–Crippen LogP) is -1.30. The lowest BCUT2D eigenvalue weighted by Crippen LogP contribution is -2.46. The third-order valence-corrected chi connectivity index (χ3v) is 5.69. The summed E-state index contributed by atoms with van der Waals surface area (Å²) < 4.78 is 0. The third-order valence-electron chi connectivity index (χ3n) is 4.50. The van der Waals surface area contributed by atoms with Gasteiger partial charge in [-0.05, 0) is 31.2 Å². The molecule has 0 spiro atoms. The Kier molecular flexibility index (Phi) is 6.19. The molecule has 2 aromatic rings. The number of aliphatic hydroxyl groups is 5. The first-order chi connectivity index (χ1) is 12.9. The Hall–Kier alpha value is -1.89. The van der Waals surface area contributed by atoms with Crippen molar-refractivity contribution >= 4 is 33.7 Å². The number of thiophene rings is 1. The molecule has 0 saturated heterocycles. The molecule has 0 saturated carbocycles. The van der Waals surface area contributed by atoms with E-state index in [0.717, 1.165) is 37.5 Å². The maximum absolute atomic E-state index is 12.4. The Morgan fingerprint density at radius 2 is 1.96 bits per heavy atom. The van der Waals surface area contributed by atoms with Gasteiger partial charge >= 0.3 is 0 Å². The molecular formula is C16H22N4O6S. The minimum Gasteiger partial charge on any atom is -0.394 e. The number of nitrogens with one attached hydrogen (secondary N) is 2. The largest absolute Gasteiger partial charge is 0.394 e. The quantitative estimate of drug-likeness (QED) is 0.223. The summed E-state index contributed by atoms with van der Waals surface area (Å²) in [6, 6.07) is 0. The van der Waals surface area contributed by atoms with Crippen molar-refractivity contribution in [2.45, 2.75) is 50.1 Å². The van der Waals surface area contributed by atoms with Crippen LogP contribution < -0.4 is 11.0 Å². The van der Waals surface area contributed by atoms with E-state index in [-0.39, 0.29) is 11.5 Å². The molecule has 27 heavy (non-hydrogen) atoms. The van der Waals surface area contributed by atoms with Crippen LogP contribution in [0.2, 0.25) is 0 Å². The van der Waals surface area contributed by atoms with Gasteiger partial charge in [-0.15, -0.1) is 11.3 Å². The molecule has 0 fully saturated rings. The number of rotatable bonds is 7. The van der Waals surface area contributed by atoms with Gasteiger partial charge in [0.1, 0.15) is 29.2 Å². The molecule has 148 valence electrons. The second-order valence-corrected chi connectivity index (χ2v) is 7.50. The van der Waals surface area contributed by atoms with Crippen LogP contribution in [0.15, 0.2) is 9.90 Å². The van der Waals surface area contributed by atoms with Crippen LogP contribution >= 0.6 is 11.3 Å². The first-order valence-electron chi connectivity index (χ1n) is 8.59. The van der Waals surface area contributed by atoms with E-state index < -0.39 is 31.0 Å². The number of H-pyrrole nitrogens is 1. The van der Waals surface area contributed by atoms with Crippen molar-refractivity contribution in [2.75, 3.05) is 12.0 Å². The number of aromatic nitrogens is 2. The van der Waals surface area contributed by atoms with Gasteiger partial charge in [0.2, 0.25) is 5.95 Å². The van der Waals surface area contributed by atoms with Crippen LogP contribution in [-0.4, -0.2) is 72.7 Å². The molecule has 0 aliphatic heterocycles. The lowest BCUT2D eigenvalue weighted by atomic mass is 9.97. The van der Waals surface area contributed by atoms with E-state index in [1.165, 1.54) is 16.2 Å². The van der Waals surface area contributed by atoms with Crippen LogP contribution in [0, 0.1) is 0 Å². The van der Waals surface area contributed by atoms with Gasteiger partial charge in [-0.25, -0.2) is 10.4 Å². The average molecular weight is 398 g/mol. The van der Waals surface area contributed by atoms with Gasteiger partial charge in [-0.1, -0.05) is 0 Å². The molecule has 0 radical (unpaired) electrons. The van der Waals surface area contributed by atoms with Crippen LogP contribution in [0.3, 0.4) is 0 Å². The number of nitrogens with zero attached hydrogens (tertiary/aromatic N) is 2. The van der Waals surface area contributed by atoms with Crippen molar-refractivity contribution in [1.82, 2.24) is 9.97 Å².